The standard InChI is InChI=1S/C15H15N7OS2/c1-4-11-19-22-12(23)6-10(17-15(22)25-11)7-24-14-18-13-16-8(2)5-9(3)21(13)20-14/h5-6H,4,7H2,1-3H3. The Morgan fingerprint density at radius 2 is 1.96 bits per heavy atom. The molecule has 0 radical (unpaired) electrons. The van der Waals surface area contributed by atoms with E-state index in [1.165, 1.54) is 33.7 Å². The summed E-state index contributed by atoms with van der Waals surface area (Å²) in [4.78, 5) is 26.1. The Hall–Kier alpha value is -2.33. The van der Waals surface area contributed by atoms with Crippen LogP contribution in [0.25, 0.3) is 10.7 Å². The molecule has 0 atom stereocenters. The van der Waals surface area contributed by atoms with Gasteiger partial charge in [-0.05, 0) is 26.3 Å². The van der Waals surface area contributed by atoms with Gasteiger partial charge >= 0.3 is 0 Å². The van der Waals surface area contributed by atoms with E-state index in [-0.39, 0.29) is 5.56 Å². The lowest BCUT2D eigenvalue weighted by molar-refractivity contribution is 0.841. The minimum Gasteiger partial charge on any atom is -0.267 e. The SMILES string of the molecule is CCc1nn2c(=O)cc(CSc3nc4nc(C)cc(C)n4n3)nc2s1. The lowest BCUT2D eigenvalue weighted by Gasteiger charge is -1.98. The Labute approximate surface area is 151 Å². The van der Waals surface area contributed by atoms with Crippen LogP contribution in [0.1, 0.15) is 29.0 Å². The molecule has 0 saturated heterocycles. The predicted molar refractivity (Wildman–Crippen MR) is 96.3 cm³/mol. The van der Waals surface area contributed by atoms with Crippen LogP contribution in [0.5, 0.6) is 0 Å². The van der Waals surface area contributed by atoms with E-state index in [0.717, 1.165) is 22.8 Å². The average Bonchev–Trinajstić information content (AvgIpc) is 3.16. The van der Waals surface area contributed by atoms with Gasteiger partial charge in [0, 0.05) is 23.2 Å². The van der Waals surface area contributed by atoms with Crippen LogP contribution in [0.4, 0.5) is 0 Å². The van der Waals surface area contributed by atoms with Gasteiger partial charge in [-0.3, -0.25) is 4.79 Å². The number of aryl methyl sites for hydroxylation is 3. The maximum Gasteiger partial charge on any atom is 0.275 e. The van der Waals surface area contributed by atoms with Crippen LogP contribution >= 0.6 is 23.1 Å². The molecule has 4 rings (SSSR count). The fourth-order valence-corrected chi connectivity index (χ4v) is 4.03. The lowest BCUT2D eigenvalue weighted by Crippen LogP contribution is -2.15. The van der Waals surface area contributed by atoms with E-state index in [9.17, 15) is 4.79 Å². The minimum atomic E-state index is -0.160. The summed E-state index contributed by atoms with van der Waals surface area (Å²) < 4.78 is 3.08. The van der Waals surface area contributed by atoms with E-state index in [1.807, 2.05) is 26.8 Å². The van der Waals surface area contributed by atoms with Gasteiger partial charge in [-0.2, -0.15) is 14.6 Å². The van der Waals surface area contributed by atoms with Crippen molar-refractivity contribution < 1.29 is 0 Å². The number of rotatable bonds is 4. The second-order valence-corrected chi connectivity index (χ2v) is 7.55. The van der Waals surface area contributed by atoms with Gasteiger partial charge in [-0.1, -0.05) is 30.0 Å². The molecular formula is C15H15N7OS2. The van der Waals surface area contributed by atoms with Gasteiger partial charge in [0.05, 0.1) is 5.69 Å². The quantitative estimate of drug-likeness (QED) is 0.506. The van der Waals surface area contributed by atoms with Crippen molar-refractivity contribution in [3.05, 3.63) is 44.6 Å². The Kier molecular flexibility index (Phi) is 4.00. The van der Waals surface area contributed by atoms with Crippen LogP contribution in [-0.2, 0) is 12.2 Å². The molecule has 0 aliphatic carbocycles. The normalized spacial score (nSPS) is 11.6. The molecule has 0 N–H and O–H groups in total. The topological polar surface area (TPSA) is 90.3 Å². The molecule has 8 nitrogen and oxygen atoms in total. The van der Waals surface area contributed by atoms with Crippen LogP contribution in [0.15, 0.2) is 22.1 Å². The molecule has 0 fully saturated rings. The van der Waals surface area contributed by atoms with Gasteiger partial charge in [-0.15, -0.1) is 5.10 Å². The van der Waals surface area contributed by atoms with Crippen molar-refractivity contribution in [2.24, 2.45) is 0 Å². The zero-order valence-corrected chi connectivity index (χ0v) is 15.6. The van der Waals surface area contributed by atoms with Crippen LogP contribution in [-0.4, -0.2) is 34.2 Å². The van der Waals surface area contributed by atoms with Crippen LogP contribution in [0.2, 0.25) is 0 Å². The van der Waals surface area contributed by atoms with Crippen molar-refractivity contribution in [1.82, 2.24) is 34.2 Å². The number of fused-ring (bicyclic) bond motifs is 2. The minimum absolute atomic E-state index is 0.160. The zero-order chi connectivity index (χ0) is 17.6. The second kappa shape index (κ2) is 6.19. The van der Waals surface area contributed by atoms with Crippen molar-refractivity contribution >= 4 is 33.8 Å². The Morgan fingerprint density at radius 1 is 1.12 bits per heavy atom. The van der Waals surface area contributed by atoms with E-state index < -0.39 is 0 Å². The fraction of sp³-hybridized carbons (Fsp3) is 0.333. The first kappa shape index (κ1) is 16.2. The summed E-state index contributed by atoms with van der Waals surface area (Å²) in [6.07, 6.45) is 0.786. The molecule has 10 heteroatoms. The van der Waals surface area contributed by atoms with Gasteiger partial charge in [0.15, 0.2) is 0 Å². The van der Waals surface area contributed by atoms with Crippen molar-refractivity contribution in [3.63, 3.8) is 0 Å². The van der Waals surface area contributed by atoms with E-state index >= 15 is 0 Å². The van der Waals surface area contributed by atoms with Crippen LogP contribution in [0.3, 0.4) is 0 Å². The molecule has 128 valence electrons. The lowest BCUT2D eigenvalue weighted by atomic mass is 10.4. The number of thioether (sulfide) groups is 1. The smallest absolute Gasteiger partial charge is 0.267 e. The van der Waals surface area contributed by atoms with Crippen molar-refractivity contribution in [2.75, 3.05) is 0 Å². The molecule has 4 aromatic heterocycles. The number of hydrogen-bond donors (Lipinski definition) is 0. The summed E-state index contributed by atoms with van der Waals surface area (Å²) in [5, 5.41) is 10.2. The molecule has 0 aliphatic rings. The zero-order valence-electron chi connectivity index (χ0n) is 13.9. The highest BCUT2D eigenvalue weighted by Gasteiger charge is 2.11. The van der Waals surface area contributed by atoms with E-state index in [4.69, 9.17) is 0 Å². The highest BCUT2D eigenvalue weighted by Crippen LogP contribution is 2.20. The highest BCUT2D eigenvalue weighted by atomic mass is 32.2. The molecule has 0 unspecified atom stereocenters. The van der Waals surface area contributed by atoms with Gasteiger partial charge in [0.2, 0.25) is 10.1 Å². The third kappa shape index (κ3) is 3.02. The molecular weight excluding hydrogens is 358 g/mol. The largest absolute Gasteiger partial charge is 0.275 e. The molecule has 0 bridgehead atoms. The molecule has 25 heavy (non-hydrogen) atoms. The monoisotopic (exact) mass is 373 g/mol. The summed E-state index contributed by atoms with van der Waals surface area (Å²) in [7, 11) is 0. The second-order valence-electron chi connectivity index (χ2n) is 5.56. The maximum atomic E-state index is 12.2. The van der Waals surface area contributed by atoms with Crippen LogP contribution < -0.4 is 5.56 Å². The first-order chi connectivity index (χ1) is 12.0. The highest BCUT2D eigenvalue weighted by molar-refractivity contribution is 7.98. The number of nitrogens with zero attached hydrogens (tertiary/aromatic N) is 7. The molecule has 4 aromatic rings. The van der Waals surface area contributed by atoms with Gasteiger partial charge in [-0.25, -0.2) is 14.5 Å². The third-order valence-electron chi connectivity index (χ3n) is 3.59. The molecule has 0 aromatic carbocycles. The van der Waals surface area contributed by atoms with E-state index in [2.05, 4.69) is 25.1 Å². The Morgan fingerprint density at radius 3 is 2.76 bits per heavy atom. The van der Waals surface area contributed by atoms with Crippen molar-refractivity contribution in [2.45, 2.75) is 38.1 Å². The first-order valence-electron chi connectivity index (χ1n) is 7.76. The molecule has 0 saturated carbocycles. The summed E-state index contributed by atoms with van der Waals surface area (Å²) >= 11 is 2.87. The summed E-state index contributed by atoms with van der Waals surface area (Å²) in [6, 6.07) is 3.48. The number of aromatic nitrogens is 7. The average molecular weight is 373 g/mol. The van der Waals surface area contributed by atoms with E-state index in [0.29, 0.717) is 27.3 Å². The summed E-state index contributed by atoms with van der Waals surface area (Å²) in [5.74, 6) is 1.10. The fourth-order valence-electron chi connectivity index (χ4n) is 2.46. The summed E-state index contributed by atoms with van der Waals surface area (Å²) in [6.45, 7) is 5.91. The van der Waals surface area contributed by atoms with Crippen molar-refractivity contribution in [1.29, 1.82) is 0 Å². The first-order valence-corrected chi connectivity index (χ1v) is 9.56. The third-order valence-corrected chi connectivity index (χ3v) is 5.51. The van der Waals surface area contributed by atoms with E-state index in [1.54, 1.807) is 4.52 Å². The van der Waals surface area contributed by atoms with Gasteiger partial charge in [0.25, 0.3) is 11.3 Å². The van der Waals surface area contributed by atoms with Crippen LogP contribution in [0, 0.1) is 13.8 Å². The van der Waals surface area contributed by atoms with Gasteiger partial charge < -0.3 is 0 Å². The number of hydrogen-bond acceptors (Lipinski definition) is 8. The maximum absolute atomic E-state index is 12.2. The Bertz CT molecular complexity index is 1140. The molecule has 0 amide bonds. The summed E-state index contributed by atoms with van der Waals surface area (Å²) in [5.41, 5.74) is 2.43. The van der Waals surface area contributed by atoms with Gasteiger partial charge in [0.1, 0.15) is 5.01 Å². The predicted octanol–water partition coefficient (Wildman–Crippen LogP) is 2.06. The Balaban J connectivity index is 1.61. The molecule has 0 aliphatic heterocycles. The van der Waals surface area contributed by atoms with Crippen molar-refractivity contribution in [3.8, 4) is 0 Å². The molecule has 0 spiro atoms. The molecule has 4 heterocycles.